The van der Waals surface area contributed by atoms with Gasteiger partial charge in [-0.05, 0) is 79.7 Å². The highest BCUT2D eigenvalue weighted by Crippen LogP contribution is 2.16. The number of isothiocyanates is 1. The Morgan fingerprint density at radius 1 is 1.12 bits per heavy atom. The van der Waals surface area contributed by atoms with E-state index in [-0.39, 0.29) is 0 Å². The van der Waals surface area contributed by atoms with Gasteiger partial charge in [-0.1, -0.05) is 43.8 Å². The van der Waals surface area contributed by atoms with Crippen molar-refractivity contribution in [2.45, 2.75) is 40.5 Å². The highest BCUT2D eigenvalue weighted by molar-refractivity contribution is 14.1. The predicted molar refractivity (Wildman–Crippen MR) is 118 cm³/mol. The molecule has 0 spiro atoms. The summed E-state index contributed by atoms with van der Waals surface area (Å²) < 4.78 is 0.980. The molecule has 0 aromatic heterocycles. The van der Waals surface area contributed by atoms with E-state index < -0.39 is 0 Å². The summed E-state index contributed by atoms with van der Waals surface area (Å²) in [6.45, 7) is 15.8. The average molecular weight is 447 g/mol. The fraction of sp³-hybridized carbons (Fsp3) is 0.286. The van der Waals surface area contributed by atoms with Crippen molar-refractivity contribution in [3.63, 3.8) is 0 Å². The zero-order valence-electron chi connectivity index (χ0n) is 14.7. The third-order valence-corrected chi connectivity index (χ3v) is 3.99. The van der Waals surface area contributed by atoms with E-state index in [1.54, 1.807) is 0 Å². The molecular weight excluding hydrogens is 425 g/mol. The Kier molecular flexibility index (Phi) is 11.9. The van der Waals surface area contributed by atoms with Crippen molar-refractivity contribution in [2.24, 2.45) is 4.99 Å². The SMILES string of the molecule is C=C(C#C/C(C)=C/C(I)=C(\C)N=C=S)/C=C(/C)C(=C)C#CCCC. The molecule has 0 aliphatic heterocycles. The maximum Gasteiger partial charge on any atom is 0.0637 e. The van der Waals surface area contributed by atoms with E-state index in [1.165, 1.54) is 0 Å². The summed E-state index contributed by atoms with van der Waals surface area (Å²) in [5.41, 5.74) is 4.27. The Balaban J connectivity index is 5.09. The number of thiocarbonyl (C=S) groups is 1. The van der Waals surface area contributed by atoms with Crippen LogP contribution in [0, 0.1) is 23.7 Å². The molecule has 0 rings (SSSR count). The Hall–Kier alpha value is -1.65. The highest BCUT2D eigenvalue weighted by Gasteiger charge is 1.95. The second-order valence-electron chi connectivity index (χ2n) is 5.10. The molecule has 0 fully saturated rings. The first-order valence-corrected chi connectivity index (χ1v) is 9.00. The van der Waals surface area contributed by atoms with Crippen molar-refractivity contribution in [1.29, 1.82) is 0 Å². The van der Waals surface area contributed by atoms with E-state index in [9.17, 15) is 0 Å². The summed E-state index contributed by atoms with van der Waals surface area (Å²) in [5, 5.41) is 2.36. The zero-order chi connectivity index (χ0) is 18.5. The number of rotatable bonds is 5. The van der Waals surface area contributed by atoms with E-state index in [1.807, 2.05) is 32.9 Å². The lowest BCUT2D eigenvalue weighted by molar-refractivity contribution is 0.983. The number of hydrogen-bond donors (Lipinski definition) is 0. The van der Waals surface area contributed by atoms with Gasteiger partial charge in [-0.15, -0.1) is 0 Å². The third kappa shape index (κ3) is 10.2. The second-order valence-corrected chi connectivity index (χ2v) is 6.44. The molecule has 0 amide bonds. The number of aliphatic imine (C=N–C) groups is 1. The normalized spacial score (nSPS) is 11.9. The number of unbranched alkanes of at least 4 members (excludes halogenated alkanes) is 1. The minimum atomic E-state index is 0.728. The molecule has 0 unspecified atom stereocenters. The molecule has 1 nitrogen and oxygen atoms in total. The summed E-state index contributed by atoms with van der Waals surface area (Å²) in [5.74, 6) is 12.3. The topological polar surface area (TPSA) is 12.4 Å². The molecule has 0 saturated heterocycles. The molecule has 0 aliphatic rings. The second kappa shape index (κ2) is 12.7. The van der Waals surface area contributed by atoms with Crippen molar-refractivity contribution in [1.82, 2.24) is 0 Å². The first-order valence-electron chi connectivity index (χ1n) is 7.51. The van der Waals surface area contributed by atoms with Crippen LogP contribution in [-0.2, 0) is 0 Å². The van der Waals surface area contributed by atoms with Crippen molar-refractivity contribution >= 4 is 40.0 Å². The van der Waals surface area contributed by atoms with Crippen LogP contribution in [0.1, 0.15) is 40.5 Å². The molecule has 3 heteroatoms. The standard InChI is InChI=1S/C21H22INS/c1-7-8-9-10-18(4)19(5)13-16(2)11-12-17(3)14-21(22)20(6)23-15-24/h13-14H,2,4,7-8H2,1,3,5-6H3/b17-14+,19-13-,21-20-. The van der Waals surface area contributed by atoms with Crippen LogP contribution in [0.25, 0.3) is 0 Å². The molecule has 0 aliphatic carbocycles. The molecular formula is C21H22INS. The van der Waals surface area contributed by atoms with Crippen LogP contribution >= 0.6 is 34.8 Å². The predicted octanol–water partition coefficient (Wildman–Crippen LogP) is 6.57. The van der Waals surface area contributed by atoms with Gasteiger partial charge in [0, 0.05) is 26.7 Å². The third-order valence-electron chi connectivity index (χ3n) is 2.80. The van der Waals surface area contributed by atoms with Gasteiger partial charge in [0.15, 0.2) is 0 Å². The quantitative estimate of drug-likeness (QED) is 0.153. The van der Waals surface area contributed by atoms with Gasteiger partial charge >= 0.3 is 0 Å². The van der Waals surface area contributed by atoms with Gasteiger partial charge < -0.3 is 0 Å². The van der Waals surface area contributed by atoms with E-state index in [0.717, 1.165) is 44.4 Å². The van der Waals surface area contributed by atoms with Crippen molar-refractivity contribution in [3.05, 3.63) is 56.9 Å². The molecule has 0 atom stereocenters. The Bertz CT molecular complexity index is 764. The van der Waals surface area contributed by atoms with Gasteiger partial charge in [0.1, 0.15) is 0 Å². The van der Waals surface area contributed by atoms with E-state index in [4.69, 9.17) is 0 Å². The smallest absolute Gasteiger partial charge is 0.0637 e. The summed E-state index contributed by atoms with van der Waals surface area (Å²) in [7, 11) is 0. The maximum atomic E-state index is 4.60. The van der Waals surface area contributed by atoms with Crippen LogP contribution in [0.15, 0.2) is 61.9 Å². The first-order chi connectivity index (χ1) is 11.3. The summed E-state index contributed by atoms with van der Waals surface area (Å²) in [6.07, 6.45) is 5.80. The molecule has 0 radical (unpaired) electrons. The number of hydrogen-bond acceptors (Lipinski definition) is 2. The summed E-state index contributed by atoms with van der Waals surface area (Å²) >= 11 is 6.81. The Labute approximate surface area is 165 Å². The highest BCUT2D eigenvalue weighted by atomic mass is 127. The Morgan fingerprint density at radius 3 is 2.38 bits per heavy atom. The van der Waals surface area contributed by atoms with E-state index in [2.05, 4.69) is 88.7 Å². The van der Waals surface area contributed by atoms with E-state index >= 15 is 0 Å². The lowest BCUT2D eigenvalue weighted by atomic mass is 10.1. The summed E-state index contributed by atoms with van der Waals surface area (Å²) in [4.78, 5) is 3.96. The maximum absolute atomic E-state index is 4.60. The minimum absolute atomic E-state index is 0.728. The van der Waals surface area contributed by atoms with Crippen LogP contribution in [0.2, 0.25) is 0 Å². The molecule has 0 bridgehead atoms. The molecule has 24 heavy (non-hydrogen) atoms. The zero-order valence-corrected chi connectivity index (χ0v) is 17.7. The molecule has 0 aromatic rings. The molecule has 124 valence electrons. The number of halogens is 1. The molecule has 0 aromatic carbocycles. The van der Waals surface area contributed by atoms with Gasteiger partial charge in [-0.25, -0.2) is 0 Å². The number of allylic oxidation sites excluding steroid dienone is 8. The van der Waals surface area contributed by atoms with Crippen LogP contribution in [0.4, 0.5) is 0 Å². The lowest BCUT2D eigenvalue weighted by Crippen LogP contribution is -1.82. The molecule has 0 N–H and O–H groups in total. The Morgan fingerprint density at radius 2 is 1.79 bits per heavy atom. The van der Waals surface area contributed by atoms with Gasteiger partial charge in [-0.2, -0.15) is 4.99 Å². The van der Waals surface area contributed by atoms with Crippen molar-refractivity contribution in [2.75, 3.05) is 0 Å². The largest absolute Gasteiger partial charge is 0.198 e. The van der Waals surface area contributed by atoms with Gasteiger partial charge in [0.2, 0.25) is 0 Å². The van der Waals surface area contributed by atoms with Crippen molar-refractivity contribution < 1.29 is 0 Å². The monoisotopic (exact) mass is 447 g/mol. The van der Waals surface area contributed by atoms with Gasteiger partial charge in [0.05, 0.1) is 10.9 Å². The van der Waals surface area contributed by atoms with Crippen molar-refractivity contribution in [3.8, 4) is 23.7 Å². The van der Waals surface area contributed by atoms with Crippen LogP contribution in [-0.4, -0.2) is 5.16 Å². The average Bonchev–Trinajstić information content (AvgIpc) is 2.53. The lowest BCUT2D eigenvalue weighted by Gasteiger charge is -1.97. The molecule has 0 heterocycles. The van der Waals surface area contributed by atoms with Crippen LogP contribution in [0.3, 0.4) is 0 Å². The summed E-state index contributed by atoms with van der Waals surface area (Å²) in [6, 6.07) is 0. The van der Waals surface area contributed by atoms with E-state index in [0.29, 0.717) is 0 Å². The number of nitrogens with zero attached hydrogens (tertiary/aromatic N) is 1. The van der Waals surface area contributed by atoms with Gasteiger partial charge in [-0.3, -0.25) is 0 Å². The van der Waals surface area contributed by atoms with Crippen LogP contribution < -0.4 is 0 Å². The fourth-order valence-corrected chi connectivity index (χ4v) is 2.13. The van der Waals surface area contributed by atoms with Crippen LogP contribution in [0.5, 0.6) is 0 Å². The minimum Gasteiger partial charge on any atom is -0.198 e. The molecule has 0 saturated carbocycles. The van der Waals surface area contributed by atoms with Gasteiger partial charge in [0.25, 0.3) is 0 Å². The fourth-order valence-electron chi connectivity index (χ4n) is 1.41. The first kappa shape index (κ1) is 22.4.